The van der Waals surface area contributed by atoms with Crippen molar-refractivity contribution >= 4 is 5.91 Å². The van der Waals surface area contributed by atoms with Gasteiger partial charge >= 0.3 is 0 Å². The molecular weight excluding hydrogens is 340 g/mol. The van der Waals surface area contributed by atoms with Crippen molar-refractivity contribution in [2.24, 2.45) is 0 Å². The normalized spacial score (nSPS) is 15.2. The monoisotopic (exact) mass is 364 g/mol. The zero-order valence-electron chi connectivity index (χ0n) is 15.3. The fourth-order valence-electron chi connectivity index (χ4n) is 3.77. The Morgan fingerprint density at radius 1 is 1.19 bits per heavy atom. The number of piperidine rings is 1. The Labute approximate surface area is 158 Å². The molecule has 1 fully saturated rings. The molecule has 0 spiro atoms. The van der Waals surface area contributed by atoms with E-state index in [0.29, 0.717) is 12.3 Å². The van der Waals surface area contributed by atoms with Crippen LogP contribution in [0.3, 0.4) is 0 Å². The molecule has 1 aromatic carbocycles. The number of hydrogen-bond donors (Lipinski definition) is 1. The van der Waals surface area contributed by atoms with E-state index in [1.807, 2.05) is 29.3 Å². The summed E-state index contributed by atoms with van der Waals surface area (Å²) in [6, 6.07) is 10.3. The fraction of sp³-hybridized carbons (Fsp3) is 0.400. The third-order valence-electron chi connectivity index (χ3n) is 5.25. The molecule has 140 valence electrons. The fourth-order valence-corrected chi connectivity index (χ4v) is 3.77. The predicted octanol–water partition coefficient (Wildman–Crippen LogP) is 2.85. The molecule has 0 unspecified atom stereocenters. The predicted molar refractivity (Wildman–Crippen MR) is 102 cm³/mol. The number of likely N-dealkylation sites (tertiary alicyclic amines) is 1. The highest BCUT2D eigenvalue weighted by molar-refractivity contribution is 5.76. The molecule has 7 nitrogen and oxygen atoms in total. The molecule has 27 heavy (non-hydrogen) atoms. The van der Waals surface area contributed by atoms with Crippen LogP contribution in [0.15, 0.2) is 49.2 Å². The van der Waals surface area contributed by atoms with Gasteiger partial charge in [-0.15, -0.1) is 0 Å². The smallest absolute Gasteiger partial charge is 0.222 e. The summed E-state index contributed by atoms with van der Waals surface area (Å²) >= 11 is 0. The Morgan fingerprint density at radius 3 is 2.74 bits per heavy atom. The minimum atomic E-state index is 0.237. The third kappa shape index (κ3) is 4.07. The van der Waals surface area contributed by atoms with Crippen molar-refractivity contribution in [3.63, 3.8) is 0 Å². The van der Waals surface area contributed by atoms with Crippen LogP contribution < -0.4 is 0 Å². The van der Waals surface area contributed by atoms with E-state index in [9.17, 15) is 4.79 Å². The van der Waals surface area contributed by atoms with Gasteiger partial charge in [0.2, 0.25) is 5.91 Å². The second-order valence-corrected chi connectivity index (χ2v) is 6.98. The first-order valence-corrected chi connectivity index (χ1v) is 9.50. The summed E-state index contributed by atoms with van der Waals surface area (Å²) in [7, 11) is 0. The van der Waals surface area contributed by atoms with Gasteiger partial charge < -0.3 is 4.90 Å². The third-order valence-corrected chi connectivity index (χ3v) is 5.25. The van der Waals surface area contributed by atoms with Crippen molar-refractivity contribution in [2.75, 3.05) is 13.1 Å². The molecule has 0 atom stereocenters. The number of carbonyl (C=O) groups is 1. The molecule has 3 heterocycles. The van der Waals surface area contributed by atoms with Gasteiger partial charge in [-0.3, -0.25) is 14.6 Å². The maximum absolute atomic E-state index is 12.5. The highest BCUT2D eigenvalue weighted by Gasteiger charge is 2.26. The van der Waals surface area contributed by atoms with Gasteiger partial charge in [0.25, 0.3) is 0 Å². The molecule has 2 aromatic heterocycles. The van der Waals surface area contributed by atoms with E-state index in [-0.39, 0.29) is 5.91 Å². The van der Waals surface area contributed by atoms with Gasteiger partial charge in [0.15, 0.2) is 0 Å². The van der Waals surface area contributed by atoms with E-state index in [0.717, 1.165) is 38.9 Å². The van der Waals surface area contributed by atoms with Crippen LogP contribution in [0.2, 0.25) is 0 Å². The summed E-state index contributed by atoms with van der Waals surface area (Å²) in [6.07, 6.45) is 8.40. The minimum Gasteiger partial charge on any atom is -0.343 e. The van der Waals surface area contributed by atoms with Crippen molar-refractivity contribution in [1.29, 1.82) is 0 Å². The van der Waals surface area contributed by atoms with Crippen molar-refractivity contribution in [1.82, 2.24) is 29.9 Å². The number of benzene rings is 1. The van der Waals surface area contributed by atoms with Gasteiger partial charge in [-0.25, -0.2) is 4.98 Å². The maximum Gasteiger partial charge on any atom is 0.222 e. The molecule has 1 aliphatic heterocycles. The topological polar surface area (TPSA) is 79.7 Å². The minimum absolute atomic E-state index is 0.237. The van der Waals surface area contributed by atoms with E-state index in [2.05, 4.69) is 32.4 Å². The number of carbonyl (C=O) groups excluding carboxylic acids is 1. The summed E-state index contributed by atoms with van der Waals surface area (Å²) in [5.41, 5.74) is 3.56. The summed E-state index contributed by atoms with van der Waals surface area (Å²) in [6.45, 7) is 2.34. The van der Waals surface area contributed by atoms with Crippen molar-refractivity contribution in [3.8, 4) is 11.1 Å². The maximum atomic E-state index is 12.5. The van der Waals surface area contributed by atoms with Crippen molar-refractivity contribution in [3.05, 3.63) is 54.9 Å². The highest BCUT2D eigenvalue weighted by Crippen LogP contribution is 2.33. The Morgan fingerprint density at radius 2 is 2.00 bits per heavy atom. The number of nitrogens with one attached hydrogen (secondary N) is 1. The lowest BCUT2D eigenvalue weighted by atomic mass is 9.89. The van der Waals surface area contributed by atoms with Gasteiger partial charge in [-0.2, -0.15) is 10.2 Å². The van der Waals surface area contributed by atoms with Crippen LogP contribution in [0, 0.1) is 0 Å². The second-order valence-electron chi connectivity index (χ2n) is 6.98. The summed E-state index contributed by atoms with van der Waals surface area (Å²) in [4.78, 5) is 18.4. The Bertz CT molecular complexity index is 850. The number of aromatic amines is 1. The molecule has 0 bridgehead atoms. The largest absolute Gasteiger partial charge is 0.343 e. The zero-order valence-corrected chi connectivity index (χ0v) is 15.3. The lowest BCUT2D eigenvalue weighted by Gasteiger charge is -2.32. The SMILES string of the molecule is O=C(CCCn1cncn1)N1CCC(c2[nH]ncc2-c2ccccc2)CC1. The Balaban J connectivity index is 1.30. The van der Waals surface area contributed by atoms with Crippen LogP contribution in [0.1, 0.15) is 37.3 Å². The van der Waals surface area contributed by atoms with Crippen LogP contribution in [-0.4, -0.2) is 48.9 Å². The van der Waals surface area contributed by atoms with Crippen LogP contribution in [-0.2, 0) is 11.3 Å². The van der Waals surface area contributed by atoms with E-state index >= 15 is 0 Å². The number of amides is 1. The average molecular weight is 364 g/mol. The number of aromatic nitrogens is 5. The molecule has 0 aliphatic carbocycles. The summed E-state index contributed by atoms with van der Waals surface area (Å²) in [5, 5.41) is 11.5. The van der Waals surface area contributed by atoms with Gasteiger partial charge in [0.05, 0.1) is 6.20 Å². The lowest BCUT2D eigenvalue weighted by Crippen LogP contribution is -2.38. The van der Waals surface area contributed by atoms with Gasteiger partial charge in [0.1, 0.15) is 12.7 Å². The number of nitrogens with zero attached hydrogens (tertiary/aromatic N) is 5. The molecule has 1 aliphatic rings. The first kappa shape index (κ1) is 17.5. The second kappa shape index (κ2) is 8.16. The van der Waals surface area contributed by atoms with Gasteiger partial charge in [0, 0.05) is 43.2 Å². The molecule has 3 aromatic rings. The zero-order chi connectivity index (χ0) is 18.5. The van der Waals surface area contributed by atoms with Crippen LogP contribution in [0.25, 0.3) is 11.1 Å². The van der Waals surface area contributed by atoms with Gasteiger partial charge in [-0.05, 0) is 24.8 Å². The van der Waals surface area contributed by atoms with E-state index in [1.54, 1.807) is 11.0 Å². The van der Waals surface area contributed by atoms with Crippen molar-refractivity contribution in [2.45, 2.75) is 38.1 Å². The highest BCUT2D eigenvalue weighted by atomic mass is 16.2. The average Bonchev–Trinajstić information content (AvgIpc) is 3.41. The quantitative estimate of drug-likeness (QED) is 0.729. The number of rotatable bonds is 6. The molecular formula is C20H24N6O. The summed E-state index contributed by atoms with van der Waals surface area (Å²) in [5.74, 6) is 0.656. The molecule has 0 saturated carbocycles. The lowest BCUT2D eigenvalue weighted by molar-refractivity contribution is -0.132. The van der Waals surface area contributed by atoms with E-state index < -0.39 is 0 Å². The Kier molecular flexibility index (Phi) is 5.27. The first-order chi connectivity index (χ1) is 13.3. The molecule has 4 rings (SSSR count). The van der Waals surface area contributed by atoms with Crippen molar-refractivity contribution < 1.29 is 4.79 Å². The number of aryl methyl sites for hydroxylation is 1. The number of hydrogen-bond acceptors (Lipinski definition) is 4. The number of H-pyrrole nitrogens is 1. The van der Waals surface area contributed by atoms with Crippen LogP contribution in [0.4, 0.5) is 0 Å². The van der Waals surface area contributed by atoms with Crippen LogP contribution in [0.5, 0.6) is 0 Å². The van der Waals surface area contributed by atoms with Crippen LogP contribution >= 0.6 is 0 Å². The summed E-state index contributed by atoms with van der Waals surface area (Å²) < 4.78 is 1.77. The molecule has 7 heteroatoms. The van der Waals surface area contributed by atoms with Gasteiger partial charge in [-0.1, -0.05) is 30.3 Å². The van der Waals surface area contributed by atoms with E-state index in [1.165, 1.54) is 23.1 Å². The van der Waals surface area contributed by atoms with E-state index in [4.69, 9.17) is 0 Å². The molecule has 1 N–H and O–H groups in total. The molecule has 0 radical (unpaired) electrons. The molecule has 1 saturated heterocycles. The standard InChI is InChI=1S/C20H24N6O/c27-19(7-4-10-26-15-21-14-23-26)25-11-8-17(9-12-25)20-18(13-22-24-20)16-5-2-1-3-6-16/h1-3,5-6,13-15,17H,4,7-12H2,(H,22,24). The first-order valence-electron chi connectivity index (χ1n) is 9.50. The Hall–Kier alpha value is -2.96. The molecule has 1 amide bonds.